The third-order valence-corrected chi connectivity index (χ3v) is 3.91. The van der Waals surface area contributed by atoms with Crippen LogP contribution in [0.15, 0.2) is 48.5 Å². The number of hydrogen-bond acceptors (Lipinski definition) is 5. The molecule has 6 heteroatoms. The van der Waals surface area contributed by atoms with Crippen LogP contribution in [0.5, 0.6) is 5.75 Å². The van der Waals surface area contributed by atoms with Gasteiger partial charge in [-0.1, -0.05) is 24.3 Å². The van der Waals surface area contributed by atoms with Gasteiger partial charge in [0, 0.05) is 6.54 Å². The number of aliphatic hydroxyl groups is 1. The standard InChI is InChI=1S/C18H18N2O4/c1-24-16-9-5-4-8-15(16)19-10-12(21)11-20-17(22)13-6-2-3-7-14(13)18(20)23/h2-9,12,19,21H,10-11H2,1H3/t12-/m1/s1. The monoisotopic (exact) mass is 326 g/mol. The van der Waals surface area contributed by atoms with Crippen molar-refractivity contribution in [2.75, 3.05) is 25.5 Å². The van der Waals surface area contributed by atoms with Crippen LogP contribution >= 0.6 is 0 Å². The first-order chi connectivity index (χ1) is 11.6. The average Bonchev–Trinajstić information content (AvgIpc) is 2.85. The van der Waals surface area contributed by atoms with Crippen molar-refractivity contribution >= 4 is 17.5 Å². The van der Waals surface area contributed by atoms with Gasteiger partial charge in [-0.25, -0.2) is 0 Å². The largest absolute Gasteiger partial charge is 0.495 e. The number of para-hydroxylation sites is 2. The quantitative estimate of drug-likeness (QED) is 0.791. The Bertz CT molecular complexity index is 740. The molecule has 0 saturated carbocycles. The number of amides is 2. The lowest BCUT2D eigenvalue weighted by molar-refractivity contribution is 0.0557. The number of β-amino-alcohol motifs (C(OH)–C–C–N with tert-alkyl or cyclic N) is 1. The van der Waals surface area contributed by atoms with Crippen LogP contribution in [-0.4, -0.2) is 48.1 Å². The molecular weight excluding hydrogens is 308 g/mol. The normalized spacial score (nSPS) is 14.5. The lowest BCUT2D eigenvalue weighted by Crippen LogP contribution is -2.39. The summed E-state index contributed by atoms with van der Waals surface area (Å²) in [6.45, 7) is 0.127. The molecule has 0 fully saturated rings. The number of carbonyl (C=O) groups excluding carboxylic acids is 2. The molecule has 0 aromatic heterocycles. The van der Waals surface area contributed by atoms with E-state index in [1.54, 1.807) is 37.4 Å². The number of ether oxygens (including phenoxy) is 1. The third-order valence-electron chi connectivity index (χ3n) is 3.91. The minimum atomic E-state index is -0.892. The molecule has 1 atom stereocenters. The highest BCUT2D eigenvalue weighted by Gasteiger charge is 2.35. The van der Waals surface area contributed by atoms with Gasteiger partial charge in [-0.2, -0.15) is 0 Å². The first-order valence-electron chi connectivity index (χ1n) is 7.62. The van der Waals surface area contributed by atoms with Crippen molar-refractivity contribution < 1.29 is 19.4 Å². The number of fused-ring (bicyclic) bond motifs is 1. The van der Waals surface area contributed by atoms with Crippen LogP contribution in [0.3, 0.4) is 0 Å². The van der Waals surface area contributed by atoms with Gasteiger partial charge in [0.05, 0.1) is 36.6 Å². The van der Waals surface area contributed by atoms with E-state index in [9.17, 15) is 14.7 Å². The maximum atomic E-state index is 12.3. The summed E-state index contributed by atoms with van der Waals surface area (Å²) in [5.41, 5.74) is 1.50. The smallest absolute Gasteiger partial charge is 0.261 e. The Morgan fingerprint density at radius 1 is 1.04 bits per heavy atom. The molecule has 0 saturated heterocycles. The first-order valence-corrected chi connectivity index (χ1v) is 7.62. The number of imide groups is 1. The molecule has 6 nitrogen and oxygen atoms in total. The SMILES string of the molecule is COc1ccccc1NC[C@@H](O)CN1C(=O)c2ccccc2C1=O. The highest BCUT2D eigenvalue weighted by atomic mass is 16.5. The second-order valence-electron chi connectivity index (χ2n) is 5.50. The molecule has 0 aliphatic carbocycles. The Morgan fingerprint density at radius 3 is 2.25 bits per heavy atom. The van der Waals surface area contributed by atoms with E-state index in [1.165, 1.54) is 0 Å². The molecule has 1 heterocycles. The van der Waals surface area contributed by atoms with Crippen LogP contribution in [-0.2, 0) is 0 Å². The Morgan fingerprint density at radius 2 is 1.62 bits per heavy atom. The number of nitrogens with one attached hydrogen (secondary N) is 1. The maximum absolute atomic E-state index is 12.3. The van der Waals surface area contributed by atoms with Gasteiger partial charge in [0.25, 0.3) is 11.8 Å². The van der Waals surface area contributed by atoms with Crippen LogP contribution in [0.1, 0.15) is 20.7 Å². The number of benzene rings is 2. The van der Waals surface area contributed by atoms with E-state index in [4.69, 9.17) is 4.74 Å². The zero-order valence-electron chi connectivity index (χ0n) is 13.2. The predicted octanol–water partition coefficient (Wildman–Crippen LogP) is 1.76. The number of anilines is 1. The van der Waals surface area contributed by atoms with Crippen molar-refractivity contribution in [2.24, 2.45) is 0 Å². The summed E-state index contributed by atoms with van der Waals surface area (Å²) >= 11 is 0. The number of carbonyl (C=O) groups is 2. The lowest BCUT2D eigenvalue weighted by Gasteiger charge is -2.20. The Labute approximate surface area is 139 Å². The molecule has 124 valence electrons. The number of methoxy groups -OCH3 is 1. The van der Waals surface area contributed by atoms with Gasteiger partial charge in [0.2, 0.25) is 0 Å². The van der Waals surface area contributed by atoms with E-state index in [2.05, 4.69) is 5.32 Å². The predicted molar refractivity (Wildman–Crippen MR) is 89.3 cm³/mol. The number of aliphatic hydroxyl groups excluding tert-OH is 1. The summed E-state index contributed by atoms with van der Waals surface area (Å²) in [7, 11) is 1.57. The van der Waals surface area contributed by atoms with E-state index < -0.39 is 6.10 Å². The molecule has 2 N–H and O–H groups in total. The minimum absolute atomic E-state index is 0.0610. The molecule has 1 aliphatic heterocycles. The van der Waals surface area contributed by atoms with Crippen LogP contribution in [0.4, 0.5) is 5.69 Å². The summed E-state index contributed by atoms with van der Waals surface area (Å²) in [4.78, 5) is 25.6. The summed E-state index contributed by atoms with van der Waals surface area (Å²) in [6, 6.07) is 14.0. The Balaban J connectivity index is 1.63. The van der Waals surface area contributed by atoms with Crippen molar-refractivity contribution in [3.8, 4) is 5.75 Å². The zero-order valence-corrected chi connectivity index (χ0v) is 13.2. The molecule has 0 bridgehead atoms. The van der Waals surface area contributed by atoms with Crippen molar-refractivity contribution in [1.29, 1.82) is 0 Å². The van der Waals surface area contributed by atoms with Crippen molar-refractivity contribution in [3.63, 3.8) is 0 Å². The van der Waals surface area contributed by atoms with Gasteiger partial charge < -0.3 is 15.2 Å². The number of nitrogens with zero attached hydrogens (tertiary/aromatic N) is 1. The fourth-order valence-corrected chi connectivity index (χ4v) is 2.70. The van der Waals surface area contributed by atoms with Gasteiger partial charge in [0.15, 0.2) is 0 Å². The molecule has 2 amide bonds. The first kappa shape index (κ1) is 16.0. The van der Waals surface area contributed by atoms with Gasteiger partial charge in [-0.3, -0.25) is 14.5 Å². The van der Waals surface area contributed by atoms with E-state index in [-0.39, 0.29) is 24.9 Å². The van der Waals surface area contributed by atoms with Crippen LogP contribution in [0.2, 0.25) is 0 Å². The molecule has 0 unspecified atom stereocenters. The molecule has 2 aromatic rings. The molecule has 0 radical (unpaired) electrons. The zero-order chi connectivity index (χ0) is 17.1. The van der Waals surface area contributed by atoms with Gasteiger partial charge in [0.1, 0.15) is 5.75 Å². The van der Waals surface area contributed by atoms with E-state index in [0.717, 1.165) is 10.6 Å². The average molecular weight is 326 g/mol. The van der Waals surface area contributed by atoms with E-state index in [1.807, 2.05) is 18.2 Å². The van der Waals surface area contributed by atoms with Gasteiger partial charge in [-0.05, 0) is 24.3 Å². The van der Waals surface area contributed by atoms with Crippen LogP contribution < -0.4 is 10.1 Å². The third kappa shape index (κ3) is 2.96. The minimum Gasteiger partial charge on any atom is -0.495 e. The Kier molecular flexibility index (Phi) is 4.48. The topological polar surface area (TPSA) is 78.9 Å². The van der Waals surface area contributed by atoms with Crippen LogP contribution in [0, 0.1) is 0 Å². The molecule has 24 heavy (non-hydrogen) atoms. The van der Waals surface area contributed by atoms with Gasteiger partial charge in [-0.15, -0.1) is 0 Å². The van der Waals surface area contributed by atoms with E-state index >= 15 is 0 Å². The fourth-order valence-electron chi connectivity index (χ4n) is 2.70. The van der Waals surface area contributed by atoms with Crippen LogP contribution in [0.25, 0.3) is 0 Å². The number of rotatable bonds is 6. The highest BCUT2D eigenvalue weighted by Crippen LogP contribution is 2.24. The molecule has 0 spiro atoms. The summed E-state index contributed by atoms with van der Waals surface area (Å²) < 4.78 is 5.22. The molecular formula is C18H18N2O4. The summed E-state index contributed by atoms with van der Waals surface area (Å²) in [5, 5.41) is 13.3. The molecule has 3 rings (SSSR count). The maximum Gasteiger partial charge on any atom is 0.261 e. The Hall–Kier alpha value is -2.86. The highest BCUT2D eigenvalue weighted by molar-refractivity contribution is 6.21. The molecule has 2 aromatic carbocycles. The van der Waals surface area contributed by atoms with Crippen molar-refractivity contribution in [1.82, 2.24) is 4.90 Å². The molecule has 1 aliphatic rings. The van der Waals surface area contributed by atoms with E-state index in [0.29, 0.717) is 16.9 Å². The lowest BCUT2D eigenvalue weighted by atomic mass is 10.1. The summed E-state index contributed by atoms with van der Waals surface area (Å²) in [6.07, 6.45) is -0.892. The summed E-state index contributed by atoms with van der Waals surface area (Å²) in [5.74, 6) is -0.0793. The fraction of sp³-hybridized carbons (Fsp3) is 0.222. The van der Waals surface area contributed by atoms with Crippen molar-refractivity contribution in [3.05, 3.63) is 59.7 Å². The van der Waals surface area contributed by atoms with Crippen molar-refractivity contribution in [2.45, 2.75) is 6.10 Å². The van der Waals surface area contributed by atoms with Gasteiger partial charge >= 0.3 is 0 Å². The second kappa shape index (κ2) is 6.72. The number of hydrogen-bond donors (Lipinski definition) is 2. The second-order valence-corrected chi connectivity index (χ2v) is 5.50.